The lowest BCUT2D eigenvalue weighted by Crippen LogP contribution is -2.42. The molecule has 3 nitrogen and oxygen atoms in total. The minimum atomic E-state index is -0.285. The highest BCUT2D eigenvalue weighted by atomic mass is 19.1. The van der Waals surface area contributed by atoms with Gasteiger partial charge in [-0.3, -0.25) is 4.79 Å². The van der Waals surface area contributed by atoms with Crippen molar-refractivity contribution in [1.29, 1.82) is 0 Å². The summed E-state index contributed by atoms with van der Waals surface area (Å²) in [5.41, 5.74) is 6.96. The molecule has 0 aromatic heterocycles. The van der Waals surface area contributed by atoms with Crippen LogP contribution in [0.15, 0.2) is 24.3 Å². The summed E-state index contributed by atoms with van der Waals surface area (Å²) in [7, 11) is 0. The van der Waals surface area contributed by atoms with Crippen LogP contribution in [0.3, 0.4) is 0 Å². The molecule has 1 aliphatic heterocycles. The third-order valence-corrected chi connectivity index (χ3v) is 3.52. The number of hydrogen-bond acceptors (Lipinski definition) is 2. The van der Waals surface area contributed by atoms with E-state index < -0.39 is 0 Å². The van der Waals surface area contributed by atoms with Gasteiger partial charge in [0.25, 0.3) is 0 Å². The number of amides is 1. The van der Waals surface area contributed by atoms with E-state index in [-0.39, 0.29) is 23.8 Å². The Morgan fingerprint density at radius 2 is 2.28 bits per heavy atom. The fraction of sp³-hybridized carbons (Fsp3) is 0.500. The smallest absolute Gasteiger partial charge is 0.223 e. The Balaban J connectivity index is 2.38. The van der Waals surface area contributed by atoms with Crippen LogP contribution in [0.5, 0.6) is 0 Å². The summed E-state index contributed by atoms with van der Waals surface area (Å²) in [5.74, 6) is -0.174. The standard InChI is InChI=1S/C14H19FN2O/c1-2-17-13(18)8-4-7-12(16)14(17)10-5-3-6-11(15)9-10/h3,5-6,9,12,14H,2,4,7-8,16H2,1H3. The van der Waals surface area contributed by atoms with Crippen molar-refractivity contribution in [2.75, 3.05) is 6.54 Å². The lowest BCUT2D eigenvalue weighted by Gasteiger charge is -2.33. The van der Waals surface area contributed by atoms with Crippen LogP contribution in [0.25, 0.3) is 0 Å². The molecule has 1 aromatic rings. The molecular weight excluding hydrogens is 231 g/mol. The summed E-state index contributed by atoms with van der Waals surface area (Å²) in [6.45, 7) is 2.54. The normalized spacial score (nSPS) is 25.1. The zero-order chi connectivity index (χ0) is 13.1. The van der Waals surface area contributed by atoms with Gasteiger partial charge in [0.15, 0.2) is 0 Å². The molecule has 98 valence electrons. The molecule has 2 N–H and O–H groups in total. The summed E-state index contributed by atoms with van der Waals surface area (Å²) in [6, 6.07) is 6.06. The van der Waals surface area contributed by atoms with Crippen molar-refractivity contribution in [3.63, 3.8) is 0 Å². The van der Waals surface area contributed by atoms with E-state index in [2.05, 4.69) is 0 Å². The SMILES string of the molecule is CCN1C(=O)CCCC(N)C1c1cccc(F)c1. The van der Waals surface area contributed by atoms with Crippen molar-refractivity contribution in [3.05, 3.63) is 35.6 Å². The number of rotatable bonds is 2. The zero-order valence-electron chi connectivity index (χ0n) is 10.6. The molecule has 1 saturated heterocycles. The van der Waals surface area contributed by atoms with Crippen LogP contribution in [0, 0.1) is 5.82 Å². The Hall–Kier alpha value is -1.42. The molecule has 0 radical (unpaired) electrons. The number of halogens is 1. The molecule has 0 bridgehead atoms. The molecule has 1 aromatic carbocycles. The lowest BCUT2D eigenvalue weighted by atomic mass is 9.96. The second-order valence-corrected chi connectivity index (χ2v) is 4.74. The second kappa shape index (κ2) is 5.48. The van der Waals surface area contributed by atoms with Crippen molar-refractivity contribution < 1.29 is 9.18 Å². The molecule has 1 fully saturated rings. The maximum absolute atomic E-state index is 13.3. The molecular formula is C14H19FN2O. The van der Waals surface area contributed by atoms with E-state index >= 15 is 0 Å². The minimum absolute atomic E-state index is 0.111. The van der Waals surface area contributed by atoms with Crippen molar-refractivity contribution in [2.24, 2.45) is 5.73 Å². The van der Waals surface area contributed by atoms with E-state index in [1.54, 1.807) is 11.0 Å². The Morgan fingerprint density at radius 1 is 1.50 bits per heavy atom. The van der Waals surface area contributed by atoms with Crippen molar-refractivity contribution in [2.45, 2.75) is 38.3 Å². The molecule has 1 aliphatic rings. The average molecular weight is 250 g/mol. The highest BCUT2D eigenvalue weighted by Crippen LogP contribution is 2.30. The van der Waals surface area contributed by atoms with E-state index in [1.165, 1.54) is 12.1 Å². The van der Waals surface area contributed by atoms with Gasteiger partial charge in [-0.15, -0.1) is 0 Å². The van der Waals surface area contributed by atoms with E-state index in [1.807, 2.05) is 13.0 Å². The van der Waals surface area contributed by atoms with Crippen LogP contribution in [-0.4, -0.2) is 23.4 Å². The summed E-state index contributed by atoms with van der Waals surface area (Å²) < 4.78 is 13.3. The van der Waals surface area contributed by atoms with E-state index in [4.69, 9.17) is 5.73 Å². The van der Waals surface area contributed by atoms with Crippen LogP contribution >= 0.6 is 0 Å². The predicted molar refractivity (Wildman–Crippen MR) is 68.4 cm³/mol. The van der Waals surface area contributed by atoms with Crippen molar-refractivity contribution in [3.8, 4) is 0 Å². The number of carbonyl (C=O) groups is 1. The number of nitrogens with zero attached hydrogens (tertiary/aromatic N) is 1. The first kappa shape index (κ1) is 13.0. The molecule has 2 atom stereocenters. The van der Waals surface area contributed by atoms with Gasteiger partial charge >= 0.3 is 0 Å². The molecule has 0 spiro atoms. The minimum Gasteiger partial charge on any atom is -0.334 e. The highest BCUT2D eigenvalue weighted by Gasteiger charge is 2.31. The zero-order valence-corrected chi connectivity index (χ0v) is 10.6. The monoisotopic (exact) mass is 250 g/mol. The van der Waals surface area contributed by atoms with Crippen molar-refractivity contribution >= 4 is 5.91 Å². The molecule has 4 heteroatoms. The van der Waals surface area contributed by atoms with Gasteiger partial charge in [-0.25, -0.2) is 4.39 Å². The maximum Gasteiger partial charge on any atom is 0.223 e. The lowest BCUT2D eigenvalue weighted by molar-refractivity contribution is -0.133. The molecule has 0 aliphatic carbocycles. The fourth-order valence-corrected chi connectivity index (χ4v) is 2.67. The molecule has 2 rings (SSSR count). The quantitative estimate of drug-likeness (QED) is 0.875. The van der Waals surface area contributed by atoms with Gasteiger partial charge in [0.1, 0.15) is 5.82 Å². The van der Waals surface area contributed by atoms with Gasteiger partial charge in [-0.05, 0) is 37.5 Å². The first-order chi connectivity index (χ1) is 8.63. The number of benzene rings is 1. The van der Waals surface area contributed by atoms with Crippen LogP contribution in [0.4, 0.5) is 4.39 Å². The molecule has 2 unspecified atom stereocenters. The molecule has 1 heterocycles. The summed E-state index contributed by atoms with van der Waals surface area (Å²) in [6.07, 6.45) is 2.14. The fourth-order valence-electron chi connectivity index (χ4n) is 2.67. The first-order valence-corrected chi connectivity index (χ1v) is 6.44. The summed E-state index contributed by atoms with van der Waals surface area (Å²) >= 11 is 0. The summed E-state index contributed by atoms with van der Waals surface area (Å²) in [4.78, 5) is 13.8. The third-order valence-electron chi connectivity index (χ3n) is 3.52. The van der Waals surface area contributed by atoms with E-state index in [0.717, 1.165) is 18.4 Å². The van der Waals surface area contributed by atoms with Gasteiger partial charge in [-0.1, -0.05) is 12.1 Å². The topological polar surface area (TPSA) is 46.3 Å². The number of hydrogen-bond donors (Lipinski definition) is 1. The molecule has 1 amide bonds. The number of likely N-dealkylation sites (N-methyl/N-ethyl adjacent to an activating group) is 1. The van der Waals surface area contributed by atoms with Crippen molar-refractivity contribution in [1.82, 2.24) is 4.90 Å². The largest absolute Gasteiger partial charge is 0.334 e. The Kier molecular flexibility index (Phi) is 3.97. The Morgan fingerprint density at radius 3 is 2.94 bits per heavy atom. The van der Waals surface area contributed by atoms with Gasteiger partial charge in [-0.2, -0.15) is 0 Å². The van der Waals surface area contributed by atoms with Gasteiger partial charge in [0.2, 0.25) is 5.91 Å². The van der Waals surface area contributed by atoms with E-state index in [9.17, 15) is 9.18 Å². The summed E-state index contributed by atoms with van der Waals surface area (Å²) in [5, 5.41) is 0. The van der Waals surface area contributed by atoms with Crippen LogP contribution in [0.1, 0.15) is 37.8 Å². The maximum atomic E-state index is 13.3. The second-order valence-electron chi connectivity index (χ2n) is 4.74. The van der Waals surface area contributed by atoms with Crippen LogP contribution in [-0.2, 0) is 4.79 Å². The van der Waals surface area contributed by atoms with E-state index in [0.29, 0.717) is 13.0 Å². The molecule has 18 heavy (non-hydrogen) atoms. The third kappa shape index (κ3) is 2.53. The number of likely N-dealkylation sites (tertiary alicyclic amines) is 1. The Bertz CT molecular complexity index is 436. The predicted octanol–water partition coefficient (Wildman–Crippen LogP) is 2.23. The highest BCUT2D eigenvalue weighted by molar-refractivity contribution is 5.77. The first-order valence-electron chi connectivity index (χ1n) is 6.44. The van der Waals surface area contributed by atoms with Crippen LogP contribution < -0.4 is 5.73 Å². The Labute approximate surface area is 107 Å². The van der Waals surface area contributed by atoms with Gasteiger partial charge in [0, 0.05) is 19.0 Å². The van der Waals surface area contributed by atoms with Crippen LogP contribution in [0.2, 0.25) is 0 Å². The average Bonchev–Trinajstić information content (AvgIpc) is 2.48. The number of nitrogens with two attached hydrogens (primary N) is 1. The molecule has 0 saturated carbocycles. The van der Waals surface area contributed by atoms with Gasteiger partial charge < -0.3 is 10.6 Å². The number of carbonyl (C=O) groups excluding carboxylic acids is 1. The van der Waals surface area contributed by atoms with Gasteiger partial charge in [0.05, 0.1) is 6.04 Å².